The van der Waals surface area contributed by atoms with E-state index >= 15 is 0 Å². The molecule has 0 unspecified atom stereocenters. The zero-order valence-electron chi connectivity index (χ0n) is 13.3. The van der Waals surface area contributed by atoms with Crippen molar-refractivity contribution >= 4 is 11.3 Å². The van der Waals surface area contributed by atoms with E-state index < -0.39 is 0 Å². The summed E-state index contributed by atoms with van der Waals surface area (Å²) in [5, 5.41) is 7.23. The van der Waals surface area contributed by atoms with Gasteiger partial charge >= 0.3 is 0 Å². The van der Waals surface area contributed by atoms with Gasteiger partial charge in [-0.15, -0.1) is 11.3 Å². The van der Waals surface area contributed by atoms with Gasteiger partial charge in [-0.05, 0) is 31.4 Å². The molecule has 0 radical (unpaired) electrons. The van der Waals surface area contributed by atoms with Gasteiger partial charge in [0.25, 0.3) is 0 Å². The molecule has 0 saturated carbocycles. The maximum absolute atomic E-state index is 4.70. The Morgan fingerprint density at radius 2 is 2.17 bits per heavy atom. The quantitative estimate of drug-likeness (QED) is 0.708. The van der Waals surface area contributed by atoms with Crippen LogP contribution in [0, 0.1) is 5.92 Å². The van der Waals surface area contributed by atoms with Crippen molar-refractivity contribution in [3.8, 4) is 10.8 Å². The molecule has 7 nitrogen and oxygen atoms in total. The van der Waals surface area contributed by atoms with Crippen molar-refractivity contribution in [1.82, 2.24) is 34.6 Å². The lowest BCUT2D eigenvalue weighted by atomic mass is 9.98. The van der Waals surface area contributed by atoms with E-state index in [0.717, 1.165) is 36.9 Å². The van der Waals surface area contributed by atoms with E-state index in [1.54, 1.807) is 36.4 Å². The average Bonchev–Trinajstić information content (AvgIpc) is 3.28. The Labute approximate surface area is 144 Å². The molecule has 0 amide bonds. The number of aromatic nitrogens is 6. The zero-order valence-corrected chi connectivity index (χ0v) is 14.1. The summed E-state index contributed by atoms with van der Waals surface area (Å²) in [6, 6.07) is 1.82. The molecule has 124 valence electrons. The summed E-state index contributed by atoms with van der Waals surface area (Å²) < 4.78 is 1.93. The van der Waals surface area contributed by atoms with Crippen molar-refractivity contribution in [3.05, 3.63) is 42.2 Å². The summed E-state index contributed by atoms with van der Waals surface area (Å²) >= 11 is 1.61. The highest BCUT2D eigenvalue weighted by Crippen LogP contribution is 2.23. The number of piperidine rings is 1. The predicted octanol–water partition coefficient (Wildman–Crippen LogP) is 2.10. The van der Waals surface area contributed by atoms with Crippen LogP contribution in [0.4, 0.5) is 0 Å². The van der Waals surface area contributed by atoms with Gasteiger partial charge in [0, 0.05) is 37.4 Å². The second-order valence-corrected chi connectivity index (χ2v) is 6.94. The standard InChI is InChI=1S/C16H19N7S/c1-3-13(8-23-12-17-11-20-23)7-22(6-1)9-14-10-24-16(21-14)15-18-4-2-5-19-15/h2,4-5,10-13H,1,3,6-9H2/t13-/m0/s1. The minimum Gasteiger partial charge on any atom is -0.297 e. The van der Waals surface area contributed by atoms with Crippen LogP contribution in [0.1, 0.15) is 18.5 Å². The average molecular weight is 341 g/mol. The summed E-state index contributed by atoms with van der Waals surface area (Å²) in [7, 11) is 0. The zero-order chi connectivity index (χ0) is 16.2. The molecular formula is C16H19N7S. The molecule has 0 spiro atoms. The van der Waals surface area contributed by atoms with Gasteiger partial charge < -0.3 is 0 Å². The van der Waals surface area contributed by atoms with Crippen molar-refractivity contribution in [2.45, 2.75) is 25.9 Å². The maximum atomic E-state index is 4.70. The van der Waals surface area contributed by atoms with Crippen LogP contribution in [0.5, 0.6) is 0 Å². The van der Waals surface area contributed by atoms with E-state index in [1.165, 1.54) is 12.8 Å². The fourth-order valence-corrected chi connectivity index (χ4v) is 3.91. The van der Waals surface area contributed by atoms with Crippen LogP contribution >= 0.6 is 11.3 Å². The fraction of sp³-hybridized carbons (Fsp3) is 0.438. The molecule has 0 bridgehead atoms. The molecule has 0 aromatic carbocycles. The number of likely N-dealkylation sites (tertiary alicyclic amines) is 1. The van der Waals surface area contributed by atoms with E-state index in [2.05, 4.69) is 30.3 Å². The monoisotopic (exact) mass is 341 g/mol. The second kappa shape index (κ2) is 7.14. The van der Waals surface area contributed by atoms with Gasteiger partial charge in [0.05, 0.1) is 5.69 Å². The van der Waals surface area contributed by atoms with E-state index in [-0.39, 0.29) is 0 Å². The first-order valence-corrected chi connectivity index (χ1v) is 9.01. The molecule has 0 aliphatic carbocycles. The highest BCUT2D eigenvalue weighted by atomic mass is 32.1. The highest BCUT2D eigenvalue weighted by Gasteiger charge is 2.21. The summed E-state index contributed by atoms with van der Waals surface area (Å²) in [6.07, 6.45) is 9.37. The molecule has 8 heteroatoms. The number of hydrogen-bond acceptors (Lipinski definition) is 7. The van der Waals surface area contributed by atoms with Gasteiger partial charge in [-0.2, -0.15) is 5.10 Å². The fourth-order valence-electron chi connectivity index (χ4n) is 3.16. The first kappa shape index (κ1) is 15.3. The lowest BCUT2D eigenvalue weighted by Gasteiger charge is -2.32. The van der Waals surface area contributed by atoms with Crippen molar-refractivity contribution in [3.63, 3.8) is 0 Å². The topological polar surface area (TPSA) is 72.6 Å². The Balaban J connectivity index is 1.37. The Morgan fingerprint density at radius 1 is 1.25 bits per heavy atom. The van der Waals surface area contributed by atoms with Crippen LogP contribution in [0.2, 0.25) is 0 Å². The Kier molecular flexibility index (Phi) is 4.57. The van der Waals surface area contributed by atoms with Crippen LogP contribution in [-0.2, 0) is 13.1 Å². The Bertz CT molecular complexity index is 756. The molecule has 3 aromatic heterocycles. The summed E-state index contributed by atoms with van der Waals surface area (Å²) in [5.41, 5.74) is 1.10. The maximum Gasteiger partial charge on any atom is 0.188 e. The van der Waals surface area contributed by atoms with Crippen LogP contribution in [0.25, 0.3) is 10.8 Å². The molecule has 4 heterocycles. The lowest BCUT2D eigenvalue weighted by Crippen LogP contribution is -2.36. The number of nitrogens with zero attached hydrogens (tertiary/aromatic N) is 7. The largest absolute Gasteiger partial charge is 0.297 e. The first-order valence-electron chi connectivity index (χ1n) is 8.13. The second-order valence-electron chi connectivity index (χ2n) is 6.08. The molecule has 1 fully saturated rings. The molecular weight excluding hydrogens is 322 g/mol. The minimum absolute atomic E-state index is 0.621. The number of hydrogen-bond donors (Lipinski definition) is 0. The molecule has 3 aromatic rings. The Hall–Kier alpha value is -2.19. The van der Waals surface area contributed by atoms with E-state index in [4.69, 9.17) is 4.98 Å². The molecule has 1 atom stereocenters. The SMILES string of the molecule is c1cnc(-c2nc(CN3CCC[C@H](Cn4cncn4)C3)cs2)nc1. The molecule has 1 aliphatic heterocycles. The molecule has 1 saturated heterocycles. The predicted molar refractivity (Wildman–Crippen MR) is 91.2 cm³/mol. The van der Waals surface area contributed by atoms with E-state index in [1.807, 2.05) is 10.7 Å². The summed E-state index contributed by atoms with van der Waals surface area (Å²) in [5.74, 6) is 1.33. The van der Waals surface area contributed by atoms with Crippen molar-refractivity contribution < 1.29 is 0 Å². The third-order valence-corrected chi connectivity index (χ3v) is 5.10. The van der Waals surface area contributed by atoms with E-state index in [9.17, 15) is 0 Å². The van der Waals surface area contributed by atoms with Crippen molar-refractivity contribution in [2.75, 3.05) is 13.1 Å². The Morgan fingerprint density at radius 3 is 3.00 bits per heavy atom. The van der Waals surface area contributed by atoms with Crippen LogP contribution in [-0.4, -0.2) is 47.7 Å². The van der Waals surface area contributed by atoms with Gasteiger partial charge in [0.2, 0.25) is 0 Å². The number of thiazole rings is 1. The lowest BCUT2D eigenvalue weighted by molar-refractivity contribution is 0.152. The first-order chi connectivity index (χ1) is 11.9. The molecule has 1 aliphatic rings. The molecule has 0 N–H and O–H groups in total. The van der Waals surface area contributed by atoms with Gasteiger partial charge in [-0.25, -0.2) is 19.9 Å². The number of rotatable bonds is 5. The smallest absolute Gasteiger partial charge is 0.188 e. The normalized spacial score (nSPS) is 18.8. The van der Waals surface area contributed by atoms with Crippen molar-refractivity contribution in [1.29, 1.82) is 0 Å². The van der Waals surface area contributed by atoms with Crippen LogP contribution in [0.15, 0.2) is 36.5 Å². The minimum atomic E-state index is 0.621. The van der Waals surface area contributed by atoms with Crippen LogP contribution < -0.4 is 0 Å². The van der Waals surface area contributed by atoms with Gasteiger partial charge in [0.15, 0.2) is 10.8 Å². The third kappa shape index (κ3) is 3.65. The summed E-state index contributed by atoms with van der Waals surface area (Å²) in [6.45, 7) is 4.03. The highest BCUT2D eigenvalue weighted by molar-refractivity contribution is 7.13. The van der Waals surface area contributed by atoms with Gasteiger partial charge in [0.1, 0.15) is 12.7 Å². The third-order valence-electron chi connectivity index (χ3n) is 4.21. The van der Waals surface area contributed by atoms with Crippen molar-refractivity contribution in [2.24, 2.45) is 5.92 Å². The molecule has 4 rings (SSSR count). The van der Waals surface area contributed by atoms with Gasteiger partial charge in [-0.3, -0.25) is 9.58 Å². The van der Waals surface area contributed by atoms with Crippen LogP contribution in [0.3, 0.4) is 0 Å². The van der Waals surface area contributed by atoms with Gasteiger partial charge in [-0.1, -0.05) is 0 Å². The van der Waals surface area contributed by atoms with E-state index in [0.29, 0.717) is 11.7 Å². The molecule has 24 heavy (non-hydrogen) atoms. The summed E-state index contributed by atoms with van der Waals surface area (Å²) in [4.78, 5) is 19.7.